The maximum absolute atomic E-state index is 14.5. The van der Waals surface area contributed by atoms with E-state index < -0.39 is 38.5 Å². The fourth-order valence-corrected chi connectivity index (χ4v) is 5.45. The zero-order valence-electron chi connectivity index (χ0n) is 23.2. The minimum atomic E-state index is -1.40. The molecule has 42 heavy (non-hydrogen) atoms. The molecule has 13 heteroatoms. The highest BCUT2D eigenvalue weighted by molar-refractivity contribution is 7.17. The number of halogens is 3. The number of ether oxygens (including phenoxy) is 1. The van der Waals surface area contributed by atoms with Gasteiger partial charge in [-0.1, -0.05) is 30.7 Å². The normalized spacial score (nSPS) is 17.5. The Labute approximate surface area is 248 Å². The monoisotopic (exact) mass is 622 g/mol. The van der Waals surface area contributed by atoms with Crippen LogP contribution in [0.5, 0.6) is 5.75 Å². The maximum atomic E-state index is 14.5. The van der Waals surface area contributed by atoms with Crippen molar-refractivity contribution >= 4 is 48.8 Å². The number of likely N-dealkylation sites (tertiary alicyclic amines) is 1. The Hall–Kier alpha value is -3.40. The summed E-state index contributed by atoms with van der Waals surface area (Å²) in [5, 5.41) is 3.12. The molecule has 0 bridgehead atoms. The maximum Gasteiger partial charge on any atom is 0.494 e. The molecule has 2 heterocycles. The molecular formula is C29H32ClF2N3O6P+. The number of Topliss-reactive ketones (excluding diaryl/α,β-unsaturated/α-hetero) is 1. The number of carbonyl (C=O) groups is 3. The molecule has 1 saturated heterocycles. The van der Waals surface area contributed by atoms with Crippen LogP contribution in [0.3, 0.4) is 0 Å². The minimum absolute atomic E-state index is 0.0838. The third-order valence-corrected chi connectivity index (χ3v) is 7.87. The number of ketones is 1. The second-order valence-electron chi connectivity index (χ2n) is 10.1. The summed E-state index contributed by atoms with van der Waals surface area (Å²) in [7, 11) is -0.847. The molecule has 1 aliphatic heterocycles. The summed E-state index contributed by atoms with van der Waals surface area (Å²) in [6.07, 6.45) is 0.965. The van der Waals surface area contributed by atoms with Gasteiger partial charge in [-0.3, -0.25) is 14.4 Å². The van der Waals surface area contributed by atoms with Gasteiger partial charge in [0.15, 0.2) is 5.78 Å². The molecule has 224 valence electrons. The first kappa shape index (κ1) is 31.5. The SMILES string of the molecule is CCC(CCO[PH+]=O)Oc1ccc2c(C(C)=O)cn(CC(=O)N3C[C@H](F)C[C@H]3C(=O)NCc3cccc(Cl)c3F)c2c1. The predicted octanol–water partition coefficient (Wildman–Crippen LogP) is 5.39. The van der Waals surface area contributed by atoms with Crippen LogP contribution in [-0.2, 0) is 31.8 Å². The fourth-order valence-electron chi connectivity index (χ4n) is 5.06. The molecule has 2 unspecified atom stereocenters. The molecular weight excluding hydrogens is 591 g/mol. The third kappa shape index (κ3) is 7.32. The van der Waals surface area contributed by atoms with Crippen LogP contribution in [0, 0.1) is 5.82 Å². The third-order valence-electron chi connectivity index (χ3n) is 7.26. The Morgan fingerprint density at radius 3 is 2.74 bits per heavy atom. The Morgan fingerprint density at radius 1 is 1.24 bits per heavy atom. The van der Waals surface area contributed by atoms with Crippen molar-refractivity contribution in [3.8, 4) is 5.75 Å². The molecule has 1 aromatic heterocycles. The van der Waals surface area contributed by atoms with Gasteiger partial charge in [0, 0.05) is 48.2 Å². The van der Waals surface area contributed by atoms with Crippen LogP contribution in [0.1, 0.15) is 49.0 Å². The quantitative estimate of drug-likeness (QED) is 0.156. The number of fused-ring (bicyclic) bond motifs is 1. The summed E-state index contributed by atoms with van der Waals surface area (Å²) >= 11 is 5.81. The lowest BCUT2D eigenvalue weighted by atomic mass is 10.1. The van der Waals surface area contributed by atoms with Gasteiger partial charge >= 0.3 is 8.69 Å². The van der Waals surface area contributed by atoms with E-state index in [0.717, 1.165) is 0 Å². The largest absolute Gasteiger partial charge is 0.494 e. The molecule has 4 rings (SSSR count). The number of carbonyl (C=O) groups excluding carboxylic acids is 3. The van der Waals surface area contributed by atoms with Gasteiger partial charge in [0.1, 0.15) is 43.0 Å². The molecule has 2 amide bonds. The smallest absolute Gasteiger partial charge is 0.490 e. The summed E-state index contributed by atoms with van der Waals surface area (Å²) in [5.41, 5.74) is 1.14. The van der Waals surface area contributed by atoms with Crippen molar-refractivity contribution in [3.05, 3.63) is 64.6 Å². The molecule has 0 radical (unpaired) electrons. The van der Waals surface area contributed by atoms with Crippen LogP contribution in [0.25, 0.3) is 10.9 Å². The molecule has 4 atom stereocenters. The summed E-state index contributed by atoms with van der Waals surface area (Å²) in [4.78, 5) is 40.0. The molecule has 0 spiro atoms. The highest BCUT2D eigenvalue weighted by Gasteiger charge is 2.39. The standard InChI is InChI=1S/C29H31ClF2N3O6P/c1-3-20(9-10-40-42-39)41-21-7-8-22-23(17(2)36)15-34(25(22)12-21)16-27(37)35-14-19(31)11-26(35)29(38)33-13-18-5-4-6-24(30)28(18)32/h4-8,12,15,19-20,26,42H,3,9-11,13-14,16H2,1-2H3/p+1/t19-,20?,26+/m1/s1. The molecule has 3 aromatic rings. The second kappa shape index (κ2) is 14.2. The Balaban J connectivity index is 1.52. The van der Waals surface area contributed by atoms with Crippen LogP contribution in [0.4, 0.5) is 8.78 Å². The van der Waals surface area contributed by atoms with E-state index in [2.05, 4.69) is 5.32 Å². The average Bonchev–Trinajstić information content (AvgIpc) is 3.53. The van der Waals surface area contributed by atoms with Crippen molar-refractivity contribution in [2.75, 3.05) is 13.2 Å². The van der Waals surface area contributed by atoms with E-state index in [-0.39, 0.29) is 55.1 Å². The number of alkyl halides is 1. The van der Waals surface area contributed by atoms with Crippen LogP contribution in [0.2, 0.25) is 5.02 Å². The van der Waals surface area contributed by atoms with Gasteiger partial charge in [-0.15, -0.1) is 4.52 Å². The number of hydrogen-bond acceptors (Lipinski definition) is 6. The molecule has 1 fully saturated rings. The Morgan fingerprint density at radius 2 is 2.02 bits per heavy atom. The van der Waals surface area contributed by atoms with Crippen molar-refractivity contribution in [2.24, 2.45) is 0 Å². The topological polar surface area (TPSA) is 107 Å². The van der Waals surface area contributed by atoms with Crippen molar-refractivity contribution in [1.29, 1.82) is 0 Å². The lowest BCUT2D eigenvalue weighted by Crippen LogP contribution is -2.46. The second-order valence-corrected chi connectivity index (χ2v) is 11.0. The number of benzene rings is 2. The van der Waals surface area contributed by atoms with Crippen LogP contribution < -0.4 is 10.1 Å². The van der Waals surface area contributed by atoms with Gasteiger partial charge in [-0.2, -0.15) is 0 Å². The number of amides is 2. The molecule has 1 aliphatic rings. The van der Waals surface area contributed by atoms with E-state index in [1.807, 2.05) is 6.92 Å². The average molecular weight is 623 g/mol. The van der Waals surface area contributed by atoms with Crippen molar-refractivity contribution in [2.45, 2.75) is 64.5 Å². The fraction of sp³-hybridized carbons (Fsp3) is 0.414. The zero-order chi connectivity index (χ0) is 30.4. The van der Waals surface area contributed by atoms with E-state index in [9.17, 15) is 27.7 Å². The molecule has 1 N–H and O–H groups in total. The Bertz CT molecular complexity index is 1490. The lowest BCUT2D eigenvalue weighted by molar-refractivity contribution is -0.139. The van der Waals surface area contributed by atoms with E-state index >= 15 is 0 Å². The summed E-state index contributed by atoms with van der Waals surface area (Å²) in [5.74, 6) is -1.46. The van der Waals surface area contributed by atoms with Crippen LogP contribution in [0.15, 0.2) is 42.6 Å². The van der Waals surface area contributed by atoms with E-state index in [1.54, 1.807) is 35.0 Å². The van der Waals surface area contributed by atoms with Gasteiger partial charge in [-0.05, 0) is 36.1 Å². The summed E-state index contributed by atoms with van der Waals surface area (Å²) in [6.45, 7) is 2.96. The number of aromatic nitrogens is 1. The number of nitrogens with one attached hydrogen (secondary N) is 1. The van der Waals surface area contributed by atoms with Crippen molar-refractivity contribution < 1.29 is 37.0 Å². The minimum Gasteiger partial charge on any atom is -0.490 e. The van der Waals surface area contributed by atoms with Gasteiger partial charge in [0.25, 0.3) is 0 Å². The highest BCUT2D eigenvalue weighted by atomic mass is 35.5. The molecule has 0 saturated carbocycles. The number of hydrogen-bond donors (Lipinski definition) is 1. The lowest BCUT2D eigenvalue weighted by Gasteiger charge is -2.24. The van der Waals surface area contributed by atoms with Gasteiger partial charge in [0.05, 0.1) is 17.1 Å². The van der Waals surface area contributed by atoms with E-state index in [4.69, 9.17) is 20.9 Å². The summed E-state index contributed by atoms with van der Waals surface area (Å²) in [6, 6.07) is 8.53. The number of nitrogens with zero attached hydrogens (tertiary/aromatic N) is 2. The van der Waals surface area contributed by atoms with E-state index in [1.165, 1.54) is 24.0 Å². The van der Waals surface area contributed by atoms with Crippen molar-refractivity contribution in [1.82, 2.24) is 14.8 Å². The van der Waals surface area contributed by atoms with Crippen LogP contribution in [-0.4, -0.2) is 58.5 Å². The predicted molar refractivity (Wildman–Crippen MR) is 154 cm³/mol. The zero-order valence-corrected chi connectivity index (χ0v) is 25.0. The van der Waals surface area contributed by atoms with Crippen molar-refractivity contribution in [3.63, 3.8) is 0 Å². The first-order chi connectivity index (χ1) is 20.1. The van der Waals surface area contributed by atoms with Gasteiger partial charge in [0.2, 0.25) is 11.8 Å². The highest BCUT2D eigenvalue weighted by Crippen LogP contribution is 2.29. The van der Waals surface area contributed by atoms with E-state index in [0.29, 0.717) is 35.1 Å². The van der Waals surface area contributed by atoms with Gasteiger partial charge < -0.3 is 19.5 Å². The molecule has 2 aromatic carbocycles. The molecule has 0 aliphatic carbocycles. The van der Waals surface area contributed by atoms with Crippen LogP contribution >= 0.6 is 20.3 Å². The Kier molecular flexibility index (Phi) is 10.6. The first-order valence-corrected chi connectivity index (χ1v) is 14.8. The van der Waals surface area contributed by atoms with Gasteiger partial charge in [-0.25, -0.2) is 8.78 Å². The summed E-state index contributed by atoms with van der Waals surface area (Å²) < 4.78 is 52.0. The molecule has 9 nitrogen and oxygen atoms in total. The first-order valence-electron chi connectivity index (χ1n) is 13.6. The number of rotatable bonds is 13.